The van der Waals surface area contributed by atoms with Crippen LogP contribution in [0.3, 0.4) is 0 Å². The van der Waals surface area contributed by atoms with E-state index < -0.39 is 23.9 Å². The summed E-state index contributed by atoms with van der Waals surface area (Å²) in [6, 6.07) is 3.89. The smallest absolute Gasteiger partial charge is 0.326 e. The normalized spacial score (nSPS) is 11.7. The Morgan fingerprint density at radius 1 is 1.30 bits per heavy atom. The first kappa shape index (κ1) is 16.2. The van der Waals surface area contributed by atoms with Crippen LogP contribution in [0.25, 0.3) is 0 Å². The van der Waals surface area contributed by atoms with Gasteiger partial charge in [0.1, 0.15) is 6.04 Å². The third-order valence-electron chi connectivity index (χ3n) is 2.62. The van der Waals surface area contributed by atoms with Gasteiger partial charge in [0.2, 0.25) is 0 Å². The highest BCUT2D eigenvalue weighted by atomic mass is 79.9. The summed E-state index contributed by atoms with van der Waals surface area (Å²) in [6.07, 6.45) is -0.494. The maximum Gasteiger partial charge on any atom is 0.326 e. The first-order valence-electron chi connectivity index (χ1n) is 5.83. The van der Waals surface area contributed by atoms with Crippen molar-refractivity contribution in [2.75, 3.05) is 0 Å². The van der Waals surface area contributed by atoms with E-state index in [1.165, 1.54) is 0 Å². The van der Waals surface area contributed by atoms with Crippen LogP contribution in [0.2, 0.25) is 0 Å². The summed E-state index contributed by atoms with van der Waals surface area (Å²) < 4.78 is 0.544. The number of benzene rings is 1. The van der Waals surface area contributed by atoms with Crippen LogP contribution < -0.4 is 5.32 Å². The summed E-state index contributed by atoms with van der Waals surface area (Å²) in [5.74, 6) is -2.93. The third-order valence-corrected chi connectivity index (χ3v) is 3.31. The molecule has 0 unspecified atom stereocenters. The standard InChI is InChI=1S/C13H14BrNO5/c1-7-2-3-9(14)8(6-7)12(18)15-10(13(19)20)4-5-11(16)17/h2-3,6,10H,4-5H2,1H3,(H,15,18)(H,16,17)(H,19,20)/t10-/m0/s1. The molecular formula is C13H14BrNO5. The molecule has 7 heteroatoms. The van der Waals surface area contributed by atoms with Gasteiger partial charge in [-0.3, -0.25) is 9.59 Å². The maximum absolute atomic E-state index is 12.0. The Labute approximate surface area is 123 Å². The number of nitrogens with one attached hydrogen (secondary N) is 1. The first-order valence-corrected chi connectivity index (χ1v) is 6.62. The zero-order chi connectivity index (χ0) is 15.3. The Balaban J connectivity index is 2.82. The zero-order valence-electron chi connectivity index (χ0n) is 10.7. The van der Waals surface area contributed by atoms with E-state index in [0.717, 1.165) is 5.56 Å². The number of carbonyl (C=O) groups excluding carboxylic acids is 1. The lowest BCUT2D eigenvalue weighted by Gasteiger charge is -2.14. The van der Waals surface area contributed by atoms with Crippen molar-refractivity contribution in [3.05, 3.63) is 33.8 Å². The predicted octanol–water partition coefficient (Wildman–Crippen LogP) is 1.81. The second-order valence-electron chi connectivity index (χ2n) is 4.28. The van der Waals surface area contributed by atoms with Gasteiger partial charge < -0.3 is 15.5 Å². The number of carbonyl (C=O) groups is 3. The number of hydrogen-bond acceptors (Lipinski definition) is 3. The average molecular weight is 344 g/mol. The fraction of sp³-hybridized carbons (Fsp3) is 0.308. The summed E-state index contributed by atoms with van der Waals surface area (Å²) in [5.41, 5.74) is 1.17. The van der Waals surface area contributed by atoms with Crippen molar-refractivity contribution in [3.8, 4) is 0 Å². The van der Waals surface area contributed by atoms with Crippen LogP contribution in [0.5, 0.6) is 0 Å². The molecule has 0 bridgehead atoms. The fourth-order valence-electron chi connectivity index (χ4n) is 1.57. The van der Waals surface area contributed by atoms with E-state index in [4.69, 9.17) is 10.2 Å². The van der Waals surface area contributed by atoms with E-state index in [2.05, 4.69) is 21.2 Å². The van der Waals surface area contributed by atoms with Crippen LogP contribution in [-0.2, 0) is 9.59 Å². The van der Waals surface area contributed by atoms with Crippen molar-refractivity contribution in [2.24, 2.45) is 0 Å². The van der Waals surface area contributed by atoms with Crippen molar-refractivity contribution in [1.29, 1.82) is 0 Å². The maximum atomic E-state index is 12.0. The van der Waals surface area contributed by atoms with Crippen LogP contribution in [0, 0.1) is 6.92 Å². The second-order valence-corrected chi connectivity index (χ2v) is 5.13. The van der Waals surface area contributed by atoms with Gasteiger partial charge in [-0.2, -0.15) is 0 Å². The molecule has 0 saturated carbocycles. The first-order chi connectivity index (χ1) is 9.31. The highest BCUT2D eigenvalue weighted by Gasteiger charge is 2.22. The summed E-state index contributed by atoms with van der Waals surface area (Å²) in [6.45, 7) is 1.81. The number of hydrogen-bond donors (Lipinski definition) is 3. The molecule has 3 N–H and O–H groups in total. The highest BCUT2D eigenvalue weighted by Crippen LogP contribution is 2.18. The number of amides is 1. The van der Waals surface area contributed by atoms with Crippen LogP contribution in [0.15, 0.2) is 22.7 Å². The Bertz CT molecular complexity index is 544. The summed E-state index contributed by atoms with van der Waals surface area (Å²) in [4.78, 5) is 33.5. The fourth-order valence-corrected chi connectivity index (χ4v) is 2.00. The van der Waals surface area contributed by atoms with Crippen LogP contribution in [0.4, 0.5) is 0 Å². The molecule has 20 heavy (non-hydrogen) atoms. The van der Waals surface area contributed by atoms with Crippen LogP contribution in [-0.4, -0.2) is 34.1 Å². The Morgan fingerprint density at radius 3 is 2.50 bits per heavy atom. The van der Waals surface area contributed by atoms with E-state index in [-0.39, 0.29) is 12.8 Å². The van der Waals surface area contributed by atoms with Gasteiger partial charge in [-0.05, 0) is 41.4 Å². The minimum Gasteiger partial charge on any atom is -0.481 e. The lowest BCUT2D eigenvalue weighted by atomic mass is 10.1. The molecule has 0 saturated heterocycles. The number of rotatable bonds is 6. The lowest BCUT2D eigenvalue weighted by Crippen LogP contribution is -2.41. The van der Waals surface area contributed by atoms with E-state index in [1.54, 1.807) is 18.2 Å². The average Bonchev–Trinajstić information content (AvgIpc) is 2.36. The van der Waals surface area contributed by atoms with E-state index in [0.29, 0.717) is 10.0 Å². The van der Waals surface area contributed by atoms with Gasteiger partial charge in [0, 0.05) is 10.9 Å². The van der Waals surface area contributed by atoms with Gasteiger partial charge in [0.15, 0.2) is 0 Å². The number of carboxylic acid groups (broad SMARTS) is 2. The molecule has 6 nitrogen and oxygen atoms in total. The van der Waals surface area contributed by atoms with Crippen molar-refractivity contribution in [1.82, 2.24) is 5.32 Å². The largest absolute Gasteiger partial charge is 0.481 e. The van der Waals surface area contributed by atoms with Gasteiger partial charge in [0.25, 0.3) is 5.91 Å². The van der Waals surface area contributed by atoms with Gasteiger partial charge in [-0.1, -0.05) is 11.6 Å². The topological polar surface area (TPSA) is 104 Å². The zero-order valence-corrected chi connectivity index (χ0v) is 12.3. The SMILES string of the molecule is Cc1ccc(Br)c(C(=O)N[C@@H](CCC(=O)O)C(=O)O)c1. The van der Waals surface area contributed by atoms with Crippen molar-refractivity contribution < 1.29 is 24.6 Å². The lowest BCUT2D eigenvalue weighted by molar-refractivity contribution is -0.140. The molecule has 1 aromatic rings. The van der Waals surface area contributed by atoms with Gasteiger partial charge >= 0.3 is 11.9 Å². The van der Waals surface area contributed by atoms with E-state index >= 15 is 0 Å². The Morgan fingerprint density at radius 2 is 1.95 bits per heavy atom. The molecule has 1 amide bonds. The minimum absolute atomic E-state index is 0.167. The minimum atomic E-state index is -1.26. The van der Waals surface area contributed by atoms with Gasteiger partial charge in [-0.15, -0.1) is 0 Å². The van der Waals surface area contributed by atoms with E-state index in [9.17, 15) is 14.4 Å². The molecule has 108 valence electrons. The number of aryl methyl sites for hydroxylation is 1. The monoisotopic (exact) mass is 343 g/mol. The summed E-state index contributed by atoms with van der Waals surface area (Å²) in [7, 11) is 0. The van der Waals surface area contributed by atoms with Crippen molar-refractivity contribution in [3.63, 3.8) is 0 Å². The molecule has 1 aromatic carbocycles. The molecule has 0 heterocycles. The van der Waals surface area contributed by atoms with Crippen LogP contribution in [0.1, 0.15) is 28.8 Å². The number of halogens is 1. The Kier molecular flexibility index (Phi) is 5.69. The molecule has 0 aromatic heterocycles. The molecule has 0 aliphatic carbocycles. The van der Waals surface area contributed by atoms with Gasteiger partial charge in [0.05, 0.1) is 5.56 Å². The molecule has 1 rings (SSSR count). The highest BCUT2D eigenvalue weighted by molar-refractivity contribution is 9.10. The quantitative estimate of drug-likeness (QED) is 0.730. The molecule has 0 fully saturated rings. The molecule has 0 aliphatic rings. The van der Waals surface area contributed by atoms with E-state index in [1.807, 2.05) is 6.92 Å². The van der Waals surface area contributed by atoms with Gasteiger partial charge in [-0.25, -0.2) is 4.79 Å². The summed E-state index contributed by atoms with van der Waals surface area (Å²) in [5, 5.41) is 19.9. The molecule has 0 spiro atoms. The number of carboxylic acids is 2. The number of aliphatic carboxylic acids is 2. The molecule has 0 radical (unpaired) electrons. The predicted molar refractivity (Wildman–Crippen MR) is 74.6 cm³/mol. The summed E-state index contributed by atoms with van der Waals surface area (Å²) >= 11 is 3.22. The molecule has 0 aliphatic heterocycles. The van der Waals surface area contributed by atoms with Crippen LogP contribution >= 0.6 is 15.9 Å². The molecule has 1 atom stereocenters. The second kappa shape index (κ2) is 7.04. The Hall–Kier alpha value is -1.89. The van der Waals surface area contributed by atoms with Crippen molar-refractivity contribution >= 4 is 33.8 Å². The van der Waals surface area contributed by atoms with Crippen molar-refractivity contribution in [2.45, 2.75) is 25.8 Å². The third kappa shape index (κ3) is 4.65. The molecular weight excluding hydrogens is 330 g/mol.